The lowest BCUT2D eigenvalue weighted by molar-refractivity contribution is -0.176. The molecule has 0 amide bonds. The fourth-order valence-electron chi connectivity index (χ4n) is 1.95. The van der Waals surface area contributed by atoms with Gasteiger partial charge >= 0.3 is 11.9 Å². The quantitative estimate of drug-likeness (QED) is 0.380. The maximum Gasteiger partial charge on any atom is 0.324 e. The maximum absolute atomic E-state index is 12.2. The van der Waals surface area contributed by atoms with Crippen molar-refractivity contribution in [2.45, 2.75) is 40.5 Å². The Morgan fingerprint density at radius 1 is 1.17 bits per heavy atom. The molecule has 0 saturated carbocycles. The highest BCUT2D eigenvalue weighted by Gasteiger charge is 2.51. The summed E-state index contributed by atoms with van der Waals surface area (Å²) in [6.07, 6.45) is 2.49. The molecule has 0 N–H and O–H groups in total. The van der Waals surface area contributed by atoms with Crippen LogP contribution in [0.5, 0.6) is 0 Å². The van der Waals surface area contributed by atoms with Gasteiger partial charge in [-0.15, -0.1) is 6.58 Å². The van der Waals surface area contributed by atoms with Gasteiger partial charge in [0.05, 0.1) is 13.2 Å². The molecule has 0 saturated heterocycles. The van der Waals surface area contributed by atoms with Crippen LogP contribution in [0.15, 0.2) is 12.7 Å². The van der Waals surface area contributed by atoms with Crippen molar-refractivity contribution in [2.24, 2.45) is 11.3 Å². The molecule has 0 aliphatic rings. The molecule has 104 valence electrons. The zero-order valence-corrected chi connectivity index (χ0v) is 11.8. The van der Waals surface area contributed by atoms with E-state index in [1.165, 1.54) is 0 Å². The number of rotatable bonds is 8. The molecule has 0 rings (SSSR count). The Labute approximate surface area is 109 Å². The van der Waals surface area contributed by atoms with Crippen LogP contribution in [-0.4, -0.2) is 25.2 Å². The van der Waals surface area contributed by atoms with Crippen molar-refractivity contribution in [3.63, 3.8) is 0 Å². The second-order valence-electron chi connectivity index (χ2n) is 4.21. The normalized spacial score (nSPS) is 12.7. The van der Waals surface area contributed by atoms with Crippen LogP contribution in [0.3, 0.4) is 0 Å². The van der Waals surface area contributed by atoms with Crippen LogP contribution in [0.1, 0.15) is 40.5 Å². The number of carbonyl (C=O) groups is 2. The first kappa shape index (κ1) is 16.7. The van der Waals surface area contributed by atoms with Gasteiger partial charge in [0.25, 0.3) is 0 Å². The predicted molar refractivity (Wildman–Crippen MR) is 70.0 cm³/mol. The van der Waals surface area contributed by atoms with E-state index in [0.29, 0.717) is 6.42 Å². The fraction of sp³-hybridized carbons (Fsp3) is 0.714. The Morgan fingerprint density at radius 2 is 1.61 bits per heavy atom. The average molecular weight is 256 g/mol. The van der Waals surface area contributed by atoms with Gasteiger partial charge in [0.2, 0.25) is 0 Å². The van der Waals surface area contributed by atoms with Gasteiger partial charge in [0, 0.05) is 0 Å². The topological polar surface area (TPSA) is 52.6 Å². The van der Waals surface area contributed by atoms with Crippen molar-refractivity contribution in [3.8, 4) is 0 Å². The van der Waals surface area contributed by atoms with Crippen molar-refractivity contribution in [3.05, 3.63) is 12.7 Å². The van der Waals surface area contributed by atoms with Crippen LogP contribution in [0, 0.1) is 11.3 Å². The van der Waals surface area contributed by atoms with E-state index in [1.54, 1.807) is 19.9 Å². The van der Waals surface area contributed by atoms with Gasteiger partial charge in [0.15, 0.2) is 5.41 Å². The minimum Gasteiger partial charge on any atom is -0.465 e. The molecule has 0 fully saturated rings. The van der Waals surface area contributed by atoms with E-state index in [-0.39, 0.29) is 25.6 Å². The Kier molecular flexibility index (Phi) is 7.32. The number of hydrogen-bond donors (Lipinski definition) is 0. The lowest BCUT2D eigenvalue weighted by Crippen LogP contribution is -2.46. The van der Waals surface area contributed by atoms with Gasteiger partial charge in [-0.3, -0.25) is 9.59 Å². The SMILES string of the molecule is C=CCC(C(=O)OCC)(C(=O)OCC)C(C)CC. The molecule has 1 unspecified atom stereocenters. The van der Waals surface area contributed by atoms with Crippen LogP contribution in [0.25, 0.3) is 0 Å². The summed E-state index contributed by atoms with van der Waals surface area (Å²) in [4.78, 5) is 24.4. The Morgan fingerprint density at radius 3 is 1.89 bits per heavy atom. The third-order valence-corrected chi connectivity index (χ3v) is 3.20. The zero-order chi connectivity index (χ0) is 14.2. The monoisotopic (exact) mass is 256 g/mol. The summed E-state index contributed by atoms with van der Waals surface area (Å²) >= 11 is 0. The summed E-state index contributed by atoms with van der Waals surface area (Å²) < 4.78 is 10.1. The van der Waals surface area contributed by atoms with E-state index < -0.39 is 17.4 Å². The molecular formula is C14H24O4. The van der Waals surface area contributed by atoms with Gasteiger partial charge in [0.1, 0.15) is 0 Å². The van der Waals surface area contributed by atoms with E-state index in [9.17, 15) is 9.59 Å². The smallest absolute Gasteiger partial charge is 0.324 e. The van der Waals surface area contributed by atoms with Crippen molar-refractivity contribution in [1.82, 2.24) is 0 Å². The lowest BCUT2D eigenvalue weighted by Gasteiger charge is -2.33. The van der Waals surface area contributed by atoms with E-state index >= 15 is 0 Å². The lowest BCUT2D eigenvalue weighted by atomic mass is 9.72. The third kappa shape index (κ3) is 3.34. The molecule has 0 aliphatic heterocycles. The van der Waals surface area contributed by atoms with Crippen molar-refractivity contribution in [2.75, 3.05) is 13.2 Å². The van der Waals surface area contributed by atoms with E-state index in [4.69, 9.17) is 9.47 Å². The standard InChI is InChI=1S/C14H24O4/c1-6-10-14(11(5)7-2,12(15)17-8-3)13(16)18-9-4/h6,11H,1,7-10H2,2-5H3. The summed E-state index contributed by atoms with van der Waals surface area (Å²) in [6.45, 7) is 11.4. The largest absolute Gasteiger partial charge is 0.465 e. The maximum atomic E-state index is 12.2. The average Bonchev–Trinajstić information content (AvgIpc) is 2.35. The van der Waals surface area contributed by atoms with Crippen LogP contribution < -0.4 is 0 Å². The van der Waals surface area contributed by atoms with Gasteiger partial charge in [-0.2, -0.15) is 0 Å². The molecule has 0 aromatic carbocycles. The molecule has 18 heavy (non-hydrogen) atoms. The molecule has 0 aromatic rings. The Balaban J connectivity index is 5.47. The Hall–Kier alpha value is -1.32. The fourth-order valence-corrected chi connectivity index (χ4v) is 1.95. The molecule has 0 heterocycles. The van der Waals surface area contributed by atoms with E-state index in [0.717, 1.165) is 0 Å². The molecule has 0 radical (unpaired) electrons. The summed E-state index contributed by atoms with van der Waals surface area (Å²) in [5, 5.41) is 0. The van der Waals surface area contributed by atoms with E-state index in [1.807, 2.05) is 13.8 Å². The van der Waals surface area contributed by atoms with Crippen LogP contribution in [0.2, 0.25) is 0 Å². The van der Waals surface area contributed by atoms with Crippen LogP contribution >= 0.6 is 0 Å². The van der Waals surface area contributed by atoms with E-state index in [2.05, 4.69) is 6.58 Å². The minimum atomic E-state index is -1.26. The highest BCUT2D eigenvalue weighted by atomic mass is 16.6. The molecule has 0 aliphatic carbocycles. The molecular weight excluding hydrogens is 232 g/mol. The van der Waals surface area contributed by atoms with Crippen LogP contribution in [-0.2, 0) is 19.1 Å². The zero-order valence-electron chi connectivity index (χ0n) is 11.8. The van der Waals surface area contributed by atoms with Gasteiger partial charge < -0.3 is 9.47 Å². The summed E-state index contributed by atoms with van der Waals surface area (Å²) in [7, 11) is 0. The van der Waals surface area contributed by atoms with Gasteiger partial charge in [-0.25, -0.2) is 0 Å². The predicted octanol–water partition coefficient (Wildman–Crippen LogP) is 2.72. The highest BCUT2D eigenvalue weighted by Crippen LogP contribution is 2.37. The second kappa shape index (κ2) is 7.90. The summed E-state index contributed by atoms with van der Waals surface area (Å²) in [6, 6.07) is 0. The highest BCUT2D eigenvalue weighted by molar-refractivity contribution is 6.00. The third-order valence-electron chi connectivity index (χ3n) is 3.20. The minimum absolute atomic E-state index is 0.159. The first-order valence-corrected chi connectivity index (χ1v) is 6.46. The number of carbonyl (C=O) groups excluding carboxylic acids is 2. The number of hydrogen-bond acceptors (Lipinski definition) is 4. The summed E-state index contributed by atoms with van der Waals surface area (Å²) in [5.41, 5.74) is -1.26. The molecule has 0 spiro atoms. The van der Waals surface area contributed by atoms with Crippen molar-refractivity contribution in [1.29, 1.82) is 0 Å². The number of allylic oxidation sites excluding steroid dienone is 1. The first-order chi connectivity index (χ1) is 8.50. The summed E-state index contributed by atoms with van der Waals surface area (Å²) in [5.74, 6) is -1.19. The molecule has 0 aromatic heterocycles. The molecule has 4 heteroatoms. The van der Waals surface area contributed by atoms with Crippen molar-refractivity contribution >= 4 is 11.9 Å². The van der Waals surface area contributed by atoms with Gasteiger partial charge in [-0.1, -0.05) is 26.3 Å². The Bertz CT molecular complexity index is 278. The van der Waals surface area contributed by atoms with Crippen molar-refractivity contribution < 1.29 is 19.1 Å². The number of esters is 2. The number of ether oxygens (including phenoxy) is 2. The van der Waals surface area contributed by atoms with Crippen LogP contribution in [0.4, 0.5) is 0 Å². The molecule has 0 bridgehead atoms. The van der Waals surface area contributed by atoms with Gasteiger partial charge in [-0.05, 0) is 26.2 Å². The molecule has 1 atom stereocenters. The first-order valence-electron chi connectivity index (χ1n) is 6.46. The second-order valence-corrected chi connectivity index (χ2v) is 4.21. The molecule has 4 nitrogen and oxygen atoms in total.